The van der Waals surface area contributed by atoms with Crippen molar-refractivity contribution in [3.05, 3.63) is 70.2 Å². The number of amides is 1. The van der Waals surface area contributed by atoms with E-state index in [1.165, 1.54) is 11.0 Å². The largest absolute Gasteiger partial charge is 0.337 e. The summed E-state index contributed by atoms with van der Waals surface area (Å²) in [6.07, 6.45) is 0. The Labute approximate surface area is 120 Å². The average Bonchev–Trinajstić information content (AvgIpc) is 2.43. The lowest BCUT2D eigenvalue weighted by Crippen LogP contribution is -2.26. The molecule has 2 aromatic carbocycles. The van der Waals surface area contributed by atoms with E-state index in [0.29, 0.717) is 5.02 Å². The molecule has 0 aliphatic carbocycles. The second-order valence-electron chi connectivity index (χ2n) is 4.38. The molecule has 0 aliphatic heterocycles. The first-order valence-electron chi connectivity index (χ1n) is 5.93. The summed E-state index contributed by atoms with van der Waals surface area (Å²) in [5.41, 5.74) is 0.881. The van der Waals surface area contributed by atoms with E-state index in [-0.39, 0.29) is 12.1 Å². The van der Waals surface area contributed by atoms with E-state index in [1.54, 1.807) is 25.2 Å². The Bertz CT molecular complexity index is 646. The number of nitrogens with zero attached hydrogens (tertiary/aromatic N) is 1. The van der Waals surface area contributed by atoms with E-state index >= 15 is 0 Å². The van der Waals surface area contributed by atoms with Crippen molar-refractivity contribution in [2.45, 2.75) is 6.54 Å². The number of carbonyl (C=O) groups is 1. The normalized spacial score (nSPS) is 10.4. The van der Waals surface area contributed by atoms with Gasteiger partial charge < -0.3 is 4.90 Å². The van der Waals surface area contributed by atoms with E-state index < -0.39 is 17.5 Å². The van der Waals surface area contributed by atoms with Crippen LogP contribution < -0.4 is 0 Å². The minimum Gasteiger partial charge on any atom is -0.337 e. The van der Waals surface area contributed by atoms with Gasteiger partial charge in [0.1, 0.15) is 0 Å². The van der Waals surface area contributed by atoms with Gasteiger partial charge in [0.25, 0.3) is 5.91 Å². The summed E-state index contributed by atoms with van der Waals surface area (Å²) in [5.74, 6) is -2.42. The van der Waals surface area contributed by atoms with Gasteiger partial charge in [0.15, 0.2) is 11.6 Å². The summed E-state index contributed by atoms with van der Waals surface area (Å²) >= 11 is 6.02. The van der Waals surface area contributed by atoms with Gasteiger partial charge >= 0.3 is 0 Å². The summed E-state index contributed by atoms with van der Waals surface area (Å²) < 4.78 is 26.0. The number of halogens is 3. The van der Waals surface area contributed by atoms with E-state index in [1.807, 2.05) is 6.07 Å². The monoisotopic (exact) mass is 295 g/mol. The van der Waals surface area contributed by atoms with Crippen LogP contribution in [-0.2, 0) is 6.54 Å². The van der Waals surface area contributed by atoms with Crippen LogP contribution in [0.25, 0.3) is 0 Å². The molecule has 0 unspecified atom stereocenters. The second kappa shape index (κ2) is 6.01. The predicted octanol–water partition coefficient (Wildman–Crippen LogP) is 3.89. The number of hydrogen-bond acceptors (Lipinski definition) is 1. The molecule has 2 aromatic rings. The van der Waals surface area contributed by atoms with Crippen LogP contribution in [0.2, 0.25) is 5.02 Å². The van der Waals surface area contributed by atoms with Crippen molar-refractivity contribution in [2.75, 3.05) is 7.05 Å². The third-order valence-electron chi connectivity index (χ3n) is 2.88. The maximum absolute atomic E-state index is 13.1. The van der Waals surface area contributed by atoms with Crippen molar-refractivity contribution in [3.8, 4) is 0 Å². The second-order valence-corrected chi connectivity index (χ2v) is 4.79. The molecule has 0 saturated heterocycles. The van der Waals surface area contributed by atoms with Gasteiger partial charge in [0, 0.05) is 24.2 Å². The topological polar surface area (TPSA) is 20.3 Å². The molecule has 1 amide bonds. The Morgan fingerprint density at radius 2 is 1.85 bits per heavy atom. The maximum atomic E-state index is 13.1. The van der Waals surface area contributed by atoms with Crippen molar-refractivity contribution in [2.24, 2.45) is 0 Å². The molecule has 20 heavy (non-hydrogen) atoms. The summed E-state index contributed by atoms with van der Waals surface area (Å²) in [4.78, 5) is 13.5. The van der Waals surface area contributed by atoms with Crippen LogP contribution in [0.3, 0.4) is 0 Å². The van der Waals surface area contributed by atoms with Crippen molar-refractivity contribution in [1.29, 1.82) is 0 Å². The van der Waals surface area contributed by atoms with Crippen molar-refractivity contribution in [3.63, 3.8) is 0 Å². The molecule has 0 heterocycles. The molecule has 0 aliphatic rings. The fourth-order valence-corrected chi connectivity index (χ4v) is 2.00. The SMILES string of the molecule is CN(Cc1ccccc1Cl)C(=O)c1ccc(F)c(F)c1. The van der Waals surface area contributed by atoms with Gasteiger partial charge in [-0.1, -0.05) is 29.8 Å². The molecule has 0 aromatic heterocycles. The zero-order chi connectivity index (χ0) is 14.7. The molecule has 104 valence electrons. The maximum Gasteiger partial charge on any atom is 0.254 e. The standard InChI is InChI=1S/C15H12ClF2NO/c1-19(9-11-4-2-3-5-12(11)16)15(20)10-6-7-13(17)14(18)8-10/h2-8H,9H2,1H3. The minimum absolute atomic E-state index is 0.0958. The number of rotatable bonds is 3. The third-order valence-corrected chi connectivity index (χ3v) is 3.25. The van der Waals surface area contributed by atoms with Gasteiger partial charge in [-0.2, -0.15) is 0 Å². The Morgan fingerprint density at radius 3 is 2.50 bits per heavy atom. The van der Waals surface area contributed by atoms with Crippen LogP contribution in [0.1, 0.15) is 15.9 Å². The molecular formula is C15H12ClF2NO. The number of hydrogen-bond donors (Lipinski definition) is 0. The van der Waals surface area contributed by atoms with E-state index in [9.17, 15) is 13.6 Å². The number of carbonyl (C=O) groups excluding carboxylic acids is 1. The quantitative estimate of drug-likeness (QED) is 0.841. The van der Waals surface area contributed by atoms with Crippen LogP contribution in [0, 0.1) is 11.6 Å². The van der Waals surface area contributed by atoms with Crippen LogP contribution in [0.4, 0.5) is 8.78 Å². The van der Waals surface area contributed by atoms with Gasteiger partial charge in [-0.3, -0.25) is 4.79 Å². The lowest BCUT2D eigenvalue weighted by Gasteiger charge is -2.18. The van der Waals surface area contributed by atoms with Gasteiger partial charge in [-0.15, -0.1) is 0 Å². The highest BCUT2D eigenvalue weighted by Crippen LogP contribution is 2.18. The Balaban J connectivity index is 2.16. The molecule has 5 heteroatoms. The highest BCUT2D eigenvalue weighted by Gasteiger charge is 2.15. The van der Waals surface area contributed by atoms with Gasteiger partial charge in [0.05, 0.1) is 0 Å². The average molecular weight is 296 g/mol. The van der Waals surface area contributed by atoms with Gasteiger partial charge in [0.2, 0.25) is 0 Å². The van der Waals surface area contributed by atoms with Crippen LogP contribution >= 0.6 is 11.6 Å². The van der Waals surface area contributed by atoms with Crippen LogP contribution in [0.5, 0.6) is 0 Å². The predicted molar refractivity (Wildman–Crippen MR) is 73.6 cm³/mol. The highest BCUT2D eigenvalue weighted by atomic mass is 35.5. The molecule has 0 atom stereocenters. The first-order valence-corrected chi connectivity index (χ1v) is 6.31. The number of benzene rings is 2. The molecule has 0 fully saturated rings. The van der Waals surface area contributed by atoms with Gasteiger partial charge in [-0.25, -0.2) is 8.78 Å². The summed E-state index contributed by atoms with van der Waals surface area (Å²) in [7, 11) is 1.58. The minimum atomic E-state index is -1.04. The smallest absolute Gasteiger partial charge is 0.254 e. The lowest BCUT2D eigenvalue weighted by molar-refractivity contribution is 0.0784. The molecule has 0 spiro atoms. The van der Waals surface area contributed by atoms with Crippen LogP contribution in [0.15, 0.2) is 42.5 Å². The van der Waals surface area contributed by atoms with Crippen molar-refractivity contribution >= 4 is 17.5 Å². The van der Waals surface area contributed by atoms with Gasteiger partial charge in [-0.05, 0) is 29.8 Å². The van der Waals surface area contributed by atoms with E-state index in [0.717, 1.165) is 17.7 Å². The first-order chi connectivity index (χ1) is 9.49. The molecule has 0 bridgehead atoms. The lowest BCUT2D eigenvalue weighted by atomic mass is 10.1. The van der Waals surface area contributed by atoms with E-state index in [2.05, 4.69) is 0 Å². The van der Waals surface area contributed by atoms with Crippen molar-refractivity contribution in [1.82, 2.24) is 4.90 Å². The molecule has 0 saturated carbocycles. The molecule has 2 nitrogen and oxygen atoms in total. The Hall–Kier alpha value is -1.94. The molecule has 0 N–H and O–H groups in total. The highest BCUT2D eigenvalue weighted by molar-refractivity contribution is 6.31. The fourth-order valence-electron chi connectivity index (χ4n) is 1.80. The summed E-state index contributed by atoms with van der Waals surface area (Å²) in [6.45, 7) is 0.289. The molecule has 0 radical (unpaired) electrons. The van der Waals surface area contributed by atoms with E-state index in [4.69, 9.17) is 11.6 Å². The van der Waals surface area contributed by atoms with Crippen LogP contribution in [-0.4, -0.2) is 17.9 Å². The Kier molecular flexibility index (Phi) is 4.35. The van der Waals surface area contributed by atoms with Crippen molar-refractivity contribution < 1.29 is 13.6 Å². The zero-order valence-electron chi connectivity index (χ0n) is 10.7. The fraction of sp³-hybridized carbons (Fsp3) is 0.133. The summed E-state index contributed by atoms with van der Waals surface area (Å²) in [5, 5.41) is 0.553. The Morgan fingerprint density at radius 1 is 1.15 bits per heavy atom. The third kappa shape index (κ3) is 3.14. The zero-order valence-corrected chi connectivity index (χ0v) is 11.5. The molecular weight excluding hydrogens is 284 g/mol. The molecule has 2 rings (SSSR count). The summed E-state index contributed by atoms with van der Waals surface area (Å²) in [6, 6.07) is 10.2. The first kappa shape index (κ1) is 14.5.